The zero-order valence-electron chi connectivity index (χ0n) is 10.3. The number of halogens is 1. The summed E-state index contributed by atoms with van der Waals surface area (Å²) in [5.41, 5.74) is 2.41. The van der Waals surface area contributed by atoms with Gasteiger partial charge in [0.15, 0.2) is 0 Å². The average Bonchev–Trinajstić information content (AvgIpc) is 2.48. The number of hydrogen-bond donors (Lipinski definition) is 1. The van der Waals surface area contributed by atoms with Crippen LogP contribution in [0.3, 0.4) is 0 Å². The average molecular weight is 286 g/mol. The molecule has 0 bridgehead atoms. The van der Waals surface area contributed by atoms with Gasteiger partial charge in [-0.25, -0.2) is 0 Å². The van der Waals surface area contributed by atoms with Gasteiger partial charge >= 0.3 is 0 Å². The largest absolute Gasteiger partial charge is 0.308 e. The molecule has 0 saturated heterocycles. The maximum Gasteiger partial charge on any atom is 0.0767 e. The van der Waals surface area contributed by atoms with Gasteiger partial charge in [-0.05, 0) is 41.1 Å². The maximum atomic E-state index is 4.50. The van der Waals surface area contributed by atoms with E-state index in [1.807, 2.05) is 11.7 Å². The van der Waals surface area contributed by atoms with Gasteiger partial charge in [0.2, 0.25) is 0 Å². The SMILES string of the molecule is CCc1nn(C)c(CNC2CC(C)C2)c1Br. The van der Waals surface area contributed by atoms with Crippen molar-refractivity contribution in [2.45, 2.75) is 45.7 Å². The van der Waals surface area contributed by atoms with E-state index in [4.69, 9.17) is 0 Å². The molecule has 1 aromatic heterocycles. The molecule has 2 rings (SSSR count). The highest BCUT2D eigenvalue weighted by Gasteiger charge is 2.25. The minimum Gasteiger partial charge on any atom is -0.308 e. The van der Waals surface area contributed by atoms with Crippen LogP contribution in [0, 0.1) is 5.92 Å². The Morgan fingerprint density at radius 3 is 2.69 bits per heavy atom. The van der Waals surface area contributed by atoms with Crippen molar-refractivity contribution in [2.75, 3.05) is 0 Å². The lowest BCUT2D eigenvalue weighted by molar-refractivity contribution is 0.239. The molecule has 16 heavy (non-hydrogen) atoms. The molecule has 0 aliphatic heterocycles. The highest BCUT2D eigenvalue weighted by molar-refractivity contribution is 9.10. The molecule has 1 aliphatic rings. The summed E-state index contributed by atoms with van der Waals surface area (Å²) in [6.45, 7) is 5.37. The highest BCUT2D eigenvalue weighted by atomic mass is 79.9. The molecule has 3 nitrogen and oxygen atoms in total. The third kappa shape index (κ3) is 2.33. The van der Waals surface area contributed by atoms with Crippen molar-refractivity contribution in [1.82, 2.24) is 15.1 Å². The zero-order chi connectivity index (χ0) is 11.7. The van der Waals surface area contributed by atoms with Crippen LogP contribution in [0.1, 0.15) is 38.1 Å². The Bertz CT molecular complexity index is 367. The van der Waals surface area contributed by atoms with Gasteiger partial charge in [0, 0.05) is 19.6 Å². The molecule has 1 saturated carbocycles. The van der Waals surface area contributed by atoms with Crippen molar-refractivity contribution in [3.8, 4) is 0 Å². The van der Waals surface area contributed by atoms with Crippen LogP contribution >= 0.6 is 15.9 Å². The summed E-state index contributed by atoms with van der Waals surface area (Å²) >= 11 is 3.64. The van der Waals surface area contributed by atoms with E-state index in [2.05, 4.69) is 40.2 Å². The Morgan fingerprint density at radius 2 is 2.19 bits per heavy atom. The fourth-order valence-corrected chi connectivity index (χ4v) is 3.08. The molecule has 1 fully saturated rings. The second-order valence-corrected chi connectivity index (χ2v) is 5.63. The van der Waals surface area contributed by atoms with Crippen LogP contribution in [0.15, 0.2) is 4.47 Å². The predicted octanol–water partition coefficient (Wildman–Crippen LogP) is 2.63. The molecule has 0 amide bonds. The molecule has 0 aromatic carbocycles. The molecule has 0 radical (unpaired) electrons. The maximum absolute atomic E-state index is 4.50. The Hall–Kier alpha value is -0.350. The molecule has 0 atom stereocenters. The highest BCUT2D eigenvalue weighted by Crippen LogP contribution is 2.27. The summed E-state index contributed by atoms with van der Waals surface area (Å²) in [7, 11) is 2.02. The Balaban J connectivity index is 1.96. The van der Waals surface area contributed by atoms with Crippen LogP contribution in [0.2, 0.25) is 0 Å². The summed E-state index contributed by atoms with van der Waals surface area (Å²) in [5.74, 6) is 0.902. The number of nitrogens with one attached hydrogen (secondary N) is 1. The molecule has 0 spiro atoms. The van der Waals surface area contributed by atoms with Gasteiger partial charge < -0.3 is 5.32 Å². The van der Waals surface area contributed by atoms with Crippen molar-refractivity contribution in [2.24, 2.45) is 13.0 Å². The van der Waals surface area contributed by atoms with Crippen LogP contribution < -0.4 is 5.32 Å². The smallest absolute Gasteiger partial charge is 0.0767 e. The molecule has 1 heterocycles. The van der Waals surface area contributed by atoms with E-state index < -0.39 is 0 Å². The van der Waals surface area contributed by atoms with E-state index in [1.54, 1.807) is 0 Å². The van der Waals surface area contributed by atoms with Gasteiger partial charge in [-0.2, -0.15) is 5.10 Å². The Kier molecular flexibility index (Phi) is 3.70. The van der Waals surface area contributed by atoms with Gasteiger partial charge in [-0.1, -0.05) is 13.8 Å². The van der Waals surface area contributed by atoms with Gasteiger partial charge in [0.1, 0.15) is 0 Å². The third-order valence-electron chi connectivity index (χ3n) is 3.43. The Labute approximate surface area is 106 Å². The first-order chi connectivity index (χ1) is 7.61. The van der Waals surface area contributed by atoms with Crippen molar-refractivity contribution in [1.29, 1.82) is 0 Å². The summed E-state index contributed by atoms with van der Waals surface area (Å²) in [6.07, 6.45) is 3.61. The van der Waals surface area contributed by atoms with E-state index in [9.17, 15) is 0 Å². The van der Waals surface area contributed by atoms with E-state index in [-0.39, 0.29) is 0 Å². The van der Waals surface area contributed by atoms with E-state index in [1.165, 1.54) is 23.0 Å². The van der Waals surface area contributed by atoms with Crippen LogP contribution in [0.5, 0.6) is 0 Å². The summed E-state index contributed by atoms with van der Waals surface area (Å²) in [4.78, 5) is 0. The molecule has 4 heteroatoms. The van der Waals surface area contributed by atoms with Crippen molar-refractivity contribution in [3.63, 3.8) is 0 Å². The third-order valence-corrected chi connectivity index (χ3v) is 4.35. The normalized spacial score (nSPS) is 24.5. The second kappa shape index (κ2) is 4.88. The van der Waals surface area contributed by atoms with Crippen LogP contribution in [0.4, 0.5) is 0 Å². The minimum atomic E-state index is 0.710. The van der Waals surface area contributed by atoms with Gasteiger partial charge in [0.25, 0.3) is 0 Å². The number of aromatic nitrogens is 2. The first-order valence-electron chi connectivity index (χ1n) is 6.05. The lowest BCUT2D eigenvalue weighted by Gasteiger charge is -2.33. The fourth-order valence-electron chi connectivity index (χ4n) is 2.32. The molecule has 0 unspecified atom stereocenters. The fraction of sp³-hybridized carbons (Fsp3) is 0.750. The quantitative estimate of drug-likeness (QED) is 0.922. The second-order valence-electron chi connectivity index (χ2n) is 4.84. The van der Waals surface area contributed by atoms with Crippen LogP contribution in [-0.2, 0) is 20.0 Å². The lowest BCUT2D eigenvalue weighted by atomic mass is 9.82. The number of hydrogen-bond acceptors (Lipinski definition) is 2. The number of aryl methyl sites for hydroxylation is 2. The minimum absolute atomic E-state index is 0.710. The standard InChI is InChI=1S/C12H20BrN3/c1-4-10-12(13)11(16(3)15-10)7-14-9-5-8(2)6-9/h8-9,14H,4-7H2,1-3H3. The molecule has 1 aliphatic carbocycles. The van der Waals surface area contributed by atoms with Gasteiger partial charge in [-0.15, -0.1) is 0 Å². The predicted molar refractivity (Wildman–Crippen MR) is 69.3 cm³/mol. The lowest BCUT2D eigenvalue weighted by Crippen LogP contribution is -2.39. The van der Waals surface area contributed by atoms with E-state index >= 15 is 0 Å². The topological polar surface area (TPSA) is 29.9 Å². The van der Waals surface area contributed by atoms with Crippen molar-refractivity contribution in [3.05, 3.63) is 15.9 Å². The van der Waals surface area contributed by atoms with Crippen molar-refractivity contribution >= 4 is 15.9 Å². The number of rotatable bonds is 4. The first kappa shape index (κ1) is 12.1. The number of nitrogens with zero attached hydrogens (tertiary/aromatic N) is 2. The van der Waals surface area contributed by atoms with E-state index in [0.29, 0.717) is 6.04 Å². The summed E-state index contributed by atoms with van der Waals surface area (Å²) in [6, 6.07) is 0.710. The van der Waals surface area contributed by atoms with Gasteiger partial charge in [0.05, 0.1) is 15.9 Å². The Morgan fingerprint density at radius 1 is 1.50 bits per heavy atom. The van der Waals surface area contributed by atoms with Crippen LogP contribution in [-0.4, -0.2) is 15.8 Å². The molecule has 1 N–H and O–H groups in total. The molecular formula is C12H20BrN3. The monoisotopic (exact) mass is 285 g/mol. The van der Waals surface area contributed by atoms with Crippen LogP contribution in [0.25, 0.3) is 0 Å². The van der Waals surface area contributed by atoms with E-state index in [0.717, 1.165) is 24.6 Å². The summed E-state index contributed by atoms with van der Waals surface area (Å²) < 4.78 is 3.16. The molecule has 1 aromatic rings. The molecular weight excluding hydrogens is 266 g/mol. The molecule has 90 valence electrons. The summed E-state index contributed by atoms with van der Waals surface area (Å²) in [5, 5.41) is 8.09. The van der Waals surface area contributed by atoms with Gasteiger partial charge in [-0.3, -0.25) is 4.68 Å². The van der Waals surface area contributed by atoms with Crippen molar-refractivity contribution < 1.29 is 0 Å². The first-order valence-corrected chi connectivity index (χ1v) is 6.84. The zero-order valence-corrected chi connectivity index (χ0v) is 11.8.